The molecule has 0 aromatic heterocycles. The maximum absolute atomic E-state index is 11.5. The van der Waals surface area contributed by atoms with Crippen LogP contribution in [0.5, 0.6) is 0 Å². The molecule has 0 saturated carbocycles. The first kappa shape index (κ1) is 11.0. The summed E-state index contributed by atoms with van der Waals surface area (Å²) in [5.41, 5.74) is 5.31. The molecule has 2 atom stereocenters. The van der Waals surface area contributed by atoms with Gasteiger partial charge in [0.15, 0.2) is 0 Å². The fourth-order valence-electron chi connectivity index (χ4n) is 2.13. The molecule has 4 nitrogen and oxygen atoms in total. The molecule has 0 bridgehead atoms. The van der Waals surface area contributed by atoms with Crippen molar-refractivity contribution in [2.45, 2.75) is 26.7 Å². The van der Waals surface area contributed by atoms with Crippen molar-refractivity contribution in [3.8, 4) is 0 Å². The Kier molecular flexibility index (Phi) is 3.49. The van der Waals surface area contributed by atoms with Crippen molar-refractivity contribution in [3.05, 3.63) is 0 Å². The molecular weight excluding hydrogens is 180 g/mol. The van der Waals surface area contributed by atoms with Crippen LogP contribution in [0.15, 0.2) is 0 Å². The molecule has 1 saturated heterocycles. The quantitative estimate of drug-likeness (QED) is 0.683. The van der Waals surface area contributed by atoms with Gasteiger partial charge >= 0.3 is 0 Å². The van der Waals surface area contributed by atoms with E-state index in [0.717, 1.165) is 19.4 Å². The predicted octanol–water partition coefficient (Wildman–Crippen LogP) is 0.270. The van der Waals surface area contributed by atoms with Gasteiger partial charge in [-0.3, -0.25) is 9.59 Å². The predicted molar refractivity (Wildman–Crippen MR) is 53.3 cm³/mol. The number of nitrogens with one attached hydrogen (secondary N) is 1. The van der Waals surface area contributed by atoms with Gasteiger partial charge in [0.2, 0.25) is 11.8 Å². The molecule has 1 heterocycles. The lowest BCUT2D eigenvalue weighted by Crippen LogP contribution is -2.45. The number of carbonyl (C=O) groups excluding carboxylic acids is 2. The standard InChI is InChI=1S/C10H18N2O2/c1-6(2)8(9(11)13)7-4-3-5-12-10(7)14/h6-8H,3-5H2,1-2H3,(H2,11,13)(H,12,14). The van der Waals surface area contributed by atoms with Crippen LogP contribution in [0.25, 0.3) is 0 Å². The number of hydrogen-bond acceptors (Lipinski definition) is 2. The van der Waals surface area contributed by atoms with Crippen LogP contribution in [-0.2, 0) is 9.59 Å². The second-order valence-corrected chi connectivity index (χ2v) is 4.21. The minimum Gasteiger partial charge on any atom is -0.369 e. The van der Waals surface area contributed by atoms with Gasteiger partial charge in [0.05, 0.1) is 5.92 Å². The summed E-state index contributed by atoms with van der Waals surface area (Å²) < 4.78 is 0. The highest BCUT2D eigenvalue weighted by Crippen LogP contribution is 2.26. The van der Waals surface area contributed by atoms with Crippen LogP contribution in [0.4, 0.5) is 0 Å². The van der Waals surface area contributed by atoms with E-state index in [1.165, 1.54) is 0 Å². The van der Waals surface area contributed by atoms with Gasteiger partial charge < -0.3 is 11.1 Å². The average Bonchev–Trinajstić information content (AvgIpc) is 2.07. The molecule has 1 aliphatic rings. The number of primary amides is 1. The second-order valence-electron chi connectivity index (χ2n) is 4.21. The molecule has 0 radical (unpaired) electrons. The van der Waals surface area contributed by atoms with Crippen molar-refractivity contribution >= 4 is 11.8 Å². The van der Waals surface area contributed by atoms with E-state index < -0.39 is 0 Å². The first-order valence-electron chi connectivity index (χ1n) is 5.11. The molecule has 0 spiro atoms. The van der Waals surface area contributed by atoms with Crippen molar-refractivity contribution < 1.29 is 9.59 Å². The number of amides is 2. The summed E-state index contributed by atoms with van der Waals surface area (Å²) in [6, 6.07) is 0. The minimum atomic E-state index is -0.359. The zero-order valence-electron chi connectivity index (χ0n) is 8.75. The van der Waals surface area contributed by atoms with Crippen LogP contribution in [0.1, 0.15) is 26.7 Å². The van der Waals surface area contributed by atoms with E-state index in [1.807, 2.05) is 13.8 Å². The lowest BCUT2D eigenvalue weighted by Gasteiger charge is -2.29. The third-order valence-corrected chi connectivity index (χ3v) is 2.81. The monoisotopic (exact) mass is 198 g/mol. The van der Waals surface area contributed by atoms with Crippen LogP contribution >= 0.6 is 0 Å². The topological polar surface area (TPSA) is 72.2 Å². The second kappa shape index (κ2) is 4.44. The molecule has 3 N–H and O–H groups in total. The van der Waals surface area contributed by atoms with Crippen LogP contribution < -0.4 is 11.1 Å². The minimum absolute atomic E-state index is 0.0197. The molecule has 14 heavy (non-hydrogen) atoms. The van der Waals surface area contributed by atoms with Gasteiger partial charge in [-0.25, -0.2) is 0 Å². The van der Waals surface area contributed by atoms with Gasteiger partial charge in [-0.05, 0) is 18.8 Å². The maximum atomic E-state index is 11.5. The lowest BCUT2D eigenvalue weighted by molar-refractivity contribution is -0.136. The van der Waals surface area contributed by atoms with E-state index >= 15 is 0 Å². The Morgan fingerprint density at radius 3 is 2.64 bits per heavy atom. The molecule has 2 amide bonds. The Balaban J connectivity index is 2.75. The van der Waals surface area contributed by atoms with Crippen LogP contribution in [0, 0.1) is 17.8 Å². The largest absolute Gasteiger partial charge is 0.369 e. The molecule has 2 unspecified atom stereocenters. The zero-order valence-corrected chi connectivity index (χ0v) is 8.75. The maximum Gasteiger partial charge on any atom is 0.223 e. The Morgan fingerprint density at radius 1 is 1.57 bits per heavy atom. The van der Waals surface area contributed by atoms with Crippen molar-refractivity contribution in [2.75, 3.05) is 6.54 Å². The summed E-state index contributed by atoms with van der Waals surface area (Å²) in [7, 11) is 0. The Bertz CT molecular complexity index is 238. The van der Waals surface area contributed by atoms with Gasteiger partial charge in [-0.15, -0.1) is 0 Å². The number of rotatable bonds is 3. The fourth-order valence-corrected chi connectivity index (χ4v) is 2.13. The molecule has 80 valence electrons. The van der Waals surface area contributed by atoms with E-state index in [-0.39, 0.29) is 29.6 Å². The van der Waals surface area contributed by atoms with E-state index in [2.05, 4.69) is 5.32 Å². The normalized spacial score (nSPS) is 24.5. The first-order chi connectivity index (χ1) is 6.54. The van der Waals surface area contributed by atoms with Crippen molar-refractivity contribution in [2.24, 2.45) is 23.5 Å². The van der Waals surface area contributed by atoms with E-state index in [0.29, 0.717) is 0 Å². The highest BCUT2D eigenvalue weighted by molar-refractivity contribution is 5.87. The summed E-state index contributed by atoms with van der Waals surface area (Å²) in [5.74, 6) is -0.798. The Labute approximate surface area is 84.2 Å². The average molecular weight is 198 g/mol. The third-order valence-electron chi connectivity index (χ3n) is 2.81. The molecule has 0 aliphatic carbocycles. The van der Waals surface area contributed by atoms with E-state index in [9.17, 15) is 9.59 Å². The third kappa shape index (κ3) is 2.25. The molecule has 1 rings (SSSR count). The highest BCUT2D eigenvalue weighted by Gasteiger charge is 2.35. The Morgan fingerprint density at radius 2 is 2.21 bits per heavy atom. The highest BCUT2D eigenvalue weighted by atomic mass is 16.2. The van der Waals surface area contributed by atoms with Gasteiger partial charge in [0.1, 0.15) is 0 Å². The Hall–Kier alpha value is -1.06. The number of piperidine rings is 1. The lowest BCUT2D eigenvalue weighted by atomic mass is 9.78. The van der Waals surface area contributed by atoms with Gasteiger partial charge in [0.25, 0.3) is 0 Å². The SMILES string of the molecule is CC(C)C(C(N)=O)C1CCCNC1=O. The smallest absolute Gasteiger partial charge is 0.223 e. The summed E-state index contributed by atoms with van der Waals surface area (Å²) in [5, 5.41) is 2.78. The van der Waals surface area contributed by atoms with Crippen LogP contribution in [0.3, 0.4) is 0 Å². The van der Waals surface area contributed by atoms with Crippen LogP contribution in [-0.4, -0.2) is 18.4 Å². The summed E-state index contributed by atoms with van der Waals surface area (Å²) in [4.78, 5) is 22.8. The number of hydrogen-bond donors (Lipinski definition) is 2. The van der Waals surface area contributed by atoms with E-state index in [4.69, 9.17) is 5.73 Å². The van der Waals surface area contributed by atoms with Gasteiger partial charge in [0, 0.05) is 12.5 Å². The van der Waals surface area contributed by atoms with Gasteiger partial charge in [-0.1, -0.05) is 13.8 Å². The van der Waals surface area contributed by atoms with Crippen molar-refractivity contribution in [3.63, 3.8) is 0 Å². The molecule has 0 aromatic carbocycles. The van der Waals surface area contributed by atoms with E-state index in [1.54, 1.807) is 0 Å². The van der Waals surface area contributed by atoms with Crippen molar-refractivity contribution in [1.29, 1.82) is 0 Å². The summed E-state index contributed by atoms with van der Waals surface area (Å²) in [6.07, 6.45) is 1.71. The zero-order chi connectivity index (χ0) is 10.7. The summed E-state index contributed by atoms with van der Waals surface area (Å²) >= 11 is 0. The molecule has 0 aromatic rings. The van der Waals surface area contributed by atoms with Crippen LogP contribution in [0.2, 0.25) is 0 Å². The molecule has 1 aliphatic heterocycles. The van der Waals surface area contributed by atoms with Crippen molar-refractivity contribution in [1.82, 2.24) is 5.32 Å². The molecule has 4 heteroatoms. The molecular formula is C10H18N2O2. The van der Waals surface area contributed by atoms with Gasteiger partial charge in [-0.2, -0.15) is 0 Å². The fraction of sp³-hybridized carbons (Fsp3) is 0.800. The molecule has 1 fully saturated rings. The number of carbonyl (C=O) groups is 2. The summed E-state index contributed by atoms with van der Waals surface area (Å²) in [6.45, 7) is 4.58. The number of nitrogens with two attached hydrogens (primary N) is 1. The first-order valence-corrected chi connectivity index (χ1v) is 5.11.